The first kappa shape index (κ1) is 6.04. The van der Waals surface area contributed by atoms with Crippen LogP contribution in [-0.4, -0.2) is 23.5 Å². The minimum Gasteiger partial charge on any atom is -0.395 e. The summed E-state index contributed by atoms with van der Waals surface area (Å²) in [6.07, 6.45) is -1.72. The highest BCUT2D eigenvalue weighted by Gasteiger charge is 1.97. The molecule has 0 aromatic rings. The van der Waals surface area contributed by atoms with Gasteiger partial charge in [-0.2, -0.15) is 0 Å². The van der Waals surface area contributed by atoms with E-state index < -0.39 is 13.0 Å². The summed E-state index contributed by atoms with van der Waals surface area (Å²) in [7, 11) is 0.946. The van der Waals surface area contributed by atoms with E-state index in [1.807, 2.05) is 0 Å². The van der Waals surface area contributed by atoms with Crippen molar-refractivity contribution in [2.24, 2.45) is 0 Å². The molecule has 0 saturated carbocycles. The molecule has 1 atom stereocenters. The van der Waals surface area contributed by atoms with Crippen LogP contribution in [0, 0.1) is 0 Å². The van der Waals surface area contributed by atoms with Gasteiger partial charge < -0.3 is 4.43 Å². The predicted molar refractivity (Wildman–Crippen MR) is 20.5 cm³/mol. The number of halogens is 2. The van der Waals surface area contributed by atoms with Crippen LogP contribution in [0.5, 0.6) is 0 Å². The molecule has 4 heteroatoms. The van der Waals surface area contributed by atoms with Crippen molar-refractivity contribution in [3.05, 3.63) is 0 Å². The third-order valence-electron chi connectivity index (χ3n) is 0.302. The van der Waals surface area contributed by atoms with E-state index in [2.05, 4.69) is 4.43 Å². The van der Waals surface area contributed by atoms with E-state index in [1.54, 1.807) is 0 Å². The van der Waals surface area contributed by atoms with E-state index in [4.69, 9.17) is 0 Å². The van der Waals surface area contributed by atoms with Gasteiger partial charge in [0, 0.05) is 0 Å². The lowest BCUT2D eigenvalue weighted by Crippen LogP contribution is -2.04. The molecule has 0 aliphatic rings. The second kappa shape index (κ2) is 3.24. The highest BCUT2D eigenvalue weighted by Crippen LogP contribution is 1.87. The molecule has 0 aliphatic carbocycles. The molecule has 0 aliphatic heterocycles. The van der Waals surface area contributed by atoms with Crippen molar-refractivity contribution >= 4 is 10.5 Å². The fourth-order valence-corrected chi connectivity index (χ4v) is 0.134. The summed E-state index contributed by atoms with van der Waals surface area (Å²) in [6, 6.07) is 0. The van der Waals surface area contributed by atoms with E-state index in [-0.39, 0.29) is 0 Å². The Morgan fingerprint density at radius 2 is 2.33 bits per heavy atom. The molecule has 0 fully saturated rings. The zero-order chi connectivity index (χ0) is 4.99. The first-order valence-corrected chi connectivity index (χ1v) is 2.00. The summed E-state index contributed by atoms with van der Waals surface area (Å²) in [5, 5.41) is 0. The Bertz CT molecular complexity index is 30.7. The van der Waals surface area contributed by atoms with Crippen LogP contribution in [0.1, 0.15) is 0 Å². The number of hydrogen-bond acceptors (Lipinski definition) is 1. The number of alkyl halides is 2. The number of hydrogen-bond donors (Lipinski definition) is 0. The molecule has 37 valence electrons. The maximum atomic E-state index is 11.3. The molecule has 1 radical (unpaired) electrons. The summed E-state index contributed by atoms with van der Waals surface area (Å²) in [6.45, 7) is -1.05. The van der Waals surface area contributed by atoms with Crippen molar-refractivity contribution in [1.82, 2.24) is 0 Å². The van der Waals surface area contributed by atoms with E-state index in [9.17, 15) is 8.78 Å². The lowest BCUT2D eigenvalue weighted by Gasteiger charge is -1.95. The topological polar surface area (TPSA) is 9.23 Å². The van der Waals surface area contributed by atoms with E-state index in [0.717, 1.165) is 10.5 Å². The summed E-state index contributed by atoms with van der Waals surface area (Å²) >= 11 is 0. The van der Waals surface area contributed by atoms with Gasteiger partial charge in [-0.15, -0.1) is 0 Å². The van der Waals surface area contributed by atoms with Gasteiger partial charge in [-0.25, -0.2) is 8.78 Å². The SMILES string of the molecule is FCC(F)O[SiH2]. The highest BCUT2D eigenvalue weighted by molar-refractivity contribution is 5.98. The summed E-state index contributed by atoms with van der Waals surface area (Å²) < 4.78 is 26.0. The maximum Gasteiger partial charge on any atom is 0.217 e. The van der Waals surface area contributed by atoms with Crippen molar-refractivity contribution in [2.75, 3.05) is 6.67 Å². The van der Waals surface area contributed by atoms with Gasteiger partial charge in [-0.05, 0) is 0 Å². The molecular formula is C2H5F2OSi. The zero-order valence-electron chi connectivity index (χ0n) is 3.16. The van der Waals surface area contributed by atoms with Gasteiger partial charge in [0.25, 0.3) is 0 Å². The van der Waals surface area contributed by atoms with E-state index in [0.29, 0.717) is 0 Å². The molecule has 1 unspecified atom stereocenters. The third-order valence-corrected chi connectivity index (χ3v) is 0.664. The smallest absolute Gasteiger partial charge is 0.217 e. The molecule has 1 nitrogen and oxygen atoms in total. The van der Waals surface area contributed by atoms with Gasteiger partial charge in [0.2, 0.25) is 6.36 Å². The lowest BCUT2D eigenvalue weighted by atomic mass is 10.8. The Morgan fingerprint density at radius 1 is 1.83 bits per heavy atom. The lowest BCUT2D eigenvalue weighted by molar-refractivity contribution is 0.0518. The quantitative estimate of drug-likeness (QED) is 0.449. The molecule has 0 bridgehead atoms. The Kier molecular flexibility index (Phi) is 3.26. The first-order valence-electron chi connectivity index (χ1n) is 1.42. The number of rotatable bonds is 2. The molecule has 0 rings (SSSR count). The fraction of sp³-hybridized carbons (Fsp3) is 1.00. The van der Waals surface area contributed by atoms with Gasteiger partial charge >= 0.3 is 0 Å². The monoisotopic (exact) mass is 111 g/mol. The normalized spacial score (nSPS) is 14.5. The van der Waals surface area contributed by atoms with Crippen molar-refractivity contribution in [3.8, 4) is 0 Å². The largest absolute Gasteiger partial charge is 0.395 e. The Morgan fingerprint density at radius 3 is 2.33 bits per heavy atom. The van der Waals surface area contributed by atoms with Gasteiger partial charge in [0.05, 0.1) is 0 Å². The third kappa shape index (κ3) is 2.28. The van der Waals surface area contributed by atoms with Crippen molar-refractivity contribution in [1.29, 1.82) is 0 Å². The van der Waals surface area contributed by atoms with Crippen LogP contribution in [0.15, 0.2) is 0 Å². The van der Waals surface area contributed by atoms with Crippen LogP contribution in [0.4, 0.5) is 8.78 Å². The molecule has 0 aromatic heterocycles. The average molecular weight is 111 g/mol. The summed E-state index contributed by atoms with van der Waals surface area (Å²) in [5.41, 5.74) is 0. The average Bonchev–Trinajstić information content (AvgIpc) is 1.65. The summed E-state index contributed by atoms with van der Waals surface area (Å²) in [5.74, 6) is 0. The minimum atomic E-state index is -1.72. The summed E-state index contributed by atoms with van der Waals surface area (Å²) in [4.78, 5) is 0. The van der Waals surface area contributed by atoms with E-state index >= 15 is 0 Å². The van der Waals surface area contributed by atoms with Crippen LogP contribution in [0.25, 0.3) is 0 Å². The van der Waals surface area contributed by atoms with Crippen LogP contribution >= 0.6 is 0 Å². The van der Waals surface area contributed by atoms with E-state index in [1.165, 1.54) is 0 Å². The van der Waals surface area contributed by atoms with Crippen molar-refractivity contribution < 1.29 is 13.2 Å². The Labute approximate surface area is 37.8 Å². The molecule has 0 aromatic carbocycles. The van der Waals surface area contributed by atoms with Crippen molar-refractivity contribution in [2.45, 2.75) is 6.36 Å². The highest BCUT2D eigenvalue weighted by atomic mass is 28.2. The van der Waals surface area contributed by atoms with Crippen molar-refractivity contribution in [3.63, 3.8) is 0 Å². The molecule has 0 saturated heterocycles. The minimum absolute atomic E-state index is 0.946. The second-order valence-corrected chi connectivity index (χ2v) is 1.06. The maximum absolute atomic E-state index is 11.3. The van der Waals surface area contributed by atoms with Crippen LogP contribution in [-0.2, 0) is 4.43 Å². The van der Waals surface area contributed by atoms with Gasteiger partial charge in [0.15, 0.2) is 10.5 Å². The van der Waals surface area contributed by atoms with Gasteiger partial charge in [-0.3, -0.25) is 0 Å². The van der Waals surface area contributed by atoms with Crippen LogP contribution < -0.4 is 0 Å². The Balaban J connectivity index is 2.75. The van der Waals surface area contributed by atoms with Crippen LogP contribution in [0.3, 0.4) is 0 Å². The molecule has 6 heavy (non-hydrogen) atoms. The van der Waals surface area contributed by atoms with Gasteiger partial charge in [-0.1, -0.05) is 0 Å². The van der Waals surface area contributed by atoms with Crippen LogP contribution in [0.2, 0.25) is 0 Å². The second-order valence-electron chi connectivity index (χ2n) is 0.731. The standard InChI is InChI=1S/C2H5F2OSi/c3-1-2(4)5-6/h2H,1,6H2. The molecule has 0 amide bonds. The molecule has 0 spiro atoms. The fourth-order valence-electron chi connectivity index (χ4n) is 0.0445. The molecular weight excluding hydrogens is 106 g/mol. The predicted octanol–water partition coefficient (Wildman–Crippen LogP) is -0.184. The molecule has 0 heterocycles. The van der Waals surface area contributed by atoms with Gasteiger partial charge in [0.1, 0.15) is 6.67 Å². The first-order chi connectivity index (χ1) is 2.81. The Hall–Kier alpha value is 0.0369. The molecule has 0 N–H and O–H groups in total. The zero-order valence-corrected chi connectivity index (χ0v) is 4.57.